The predicted octanol–water partition coefficient (Wildman–Crippen LogP) is 2.57. The van der Waals surface area contributed by atoms with Gasteiger partial charge in [0.1, 0.15) is 0 Å². The highest BCUT2D eigenvalue weighted by Gasteiger charge is 2.14. The number of nitro benzene ring substituents is 1. The zero-order chi connectivity index (χ0) is 13.7. The first-order valence-corrected chi connectivity index (χ1v) is 6.05. The number of aliphatic hydroxyl groups excluding tert-OH is 1. The number of benzene rings is 1. The molecule has 0 spiro atoms. The first-order valence-electron chi connectivity index (χ1n) is 6.05. The molecule has 0 aliphatic heterocycles. The summed E-state index contributed by atoms with van der Waals surface area (Å²) >= 11 is 0. The van der Waals surface area contributed by atoms with E-state index in [1.807, 2.05) is 11.9 Å². The summed E-state index contributed by atoms with van der Waals surface area (Å²) in [5, 5.41) is 19.9. The molecule has 0 aliphatic carbocycles. The molecule has 0 fully saturated rings. The maximum absolute atomic E-state index is 10.8. The Morgan fingerprint density at radius 3 is 2.61 bits per heavy atom. The Morgan fingerprint density at radius 2 is 2.11 bits per heavy atom. The molecule has 0 saturated carbocycles. The van der Waals surface area contributed by atoms with Gasteiger partial charge < -0.3 is 10.0 Å². The van der Waals surface area contributed by atoms with Crippen LogP contribution in [0.1, 0.15) is 25.8 Å². The molecule has 0 amide bonds. The minimum atomic E-state index is -0.469. The third-order valence-electron chi connectivity index (χ3n) is 2.91. The van der Waals surface area contributed by atoms with E-state index < -0.39 is 4.92 Å². The van der Waals surface area contributed by atoms with Gasteiger partial charge in [-0.1, -0.05) is 13.8 Å². The van der Waals surface area contributed by atoms with E-state index in [2.05, 4.69) is 13.8 Å². The average molecular weight is 252 g/mol. The maximum Gasteiger partial charge on any atom is 0.275 e. The van der Waals surface area contributed by atoms with Gasteiger partial charge in [-0.15, -0.1) is 0 Å². The van der Waals surface area contributed by atoms with E-state index in [9.17, 15) is 10.1 Å². The number of nitro groups is 1. The largest absolute Gasteiger partial charge is 0.391 e. The van der Waals surface area contributed by atoms with Crippen LogP contribution in [0.2, 0.25) is 0 Å². The molecule has 5 heteroatoms. The molecular formula is C13H20N2O3. The summed E-state index contributed by atoms with van der Waals surface area (Å²) in [5.41, 5.74) is 1.22. The lowest BCUT2D eigenvalue weighted by molar-refractivity contribution is -0.385. The predicted molar refractivity (Wildman–Crippen MR) is 71.7 cm³/mol. The molecule has 0 atom stereocenters. The quantitative estimate of drug-likeness (QED) is 0.624. The molecule has 1 rings (SSSR count). The Labute approximate surface area is 107 Å². The highest BCUT2D eigenvalue weighted by molar-refractivity contribution is 5.55. The zero-order valence-electron chi connectivity index (χ0n) is 11.1. The number of hydrogen-bond donors (Lipinski definition) is 1. The normalized spacial score (nSPS) is 10.7. The number of aliphatic hydroxyl groups is 1. The van der Waals surface area contributed by atoms with E-state index >= 15 is 0 Å². The molecule has 0 saturated heterocycles. The first-order chi connectivity index (χ1) is 8.45. The lowest BCUT2D eigenvalue weighted by Crippen LogP contribution is -2.20. The van der Waals surface area contributed by atoms with Crippen molar-refractivity contribution in [2.24, 2.45) is 5.92 Å². The van der Waals surface area contributed by atoms with Crippen LogP contribution in [-0.4, -0.2) is 23.6 Å². The Hall–Kier alpha value is -1.62. The molecular weight excluding hydrogens is 232 g/mol. The Morgan fingerprint density at radius 1 is 1.44 bits per heavy atom. The SMILES string of the molecule is CC(C)CCN(C)c1ccc([N+](=O)[O-])c(CO)c1. The van der Waals surface area contributed by atoms with Crippen molar-refractivity contribution in [1.29, 1.82) is 0 Å². The minimum absolute atomic E-state index is 0.0292. The molecule has 5 nitrogen and oxygen atoms in total. The van der Waals surface area contributed by atoms with Crippen LogP contribution in [0.5, 0.6) is 0 Å². The van der Waals surface area contributed by atoms with E-state index in [1.54, 1.807) is 12.1 Å². The third kappa shape index (κ3) is 3.70. The number of nitrogens with zero attached hydrogens (tertiary/aromatic N) is 2. The van der Waals surface area contributed by atoms with Crippen LogP contribution in [0.4, 0.5) is 11.4 Å². The molecule has 0 heterocycles. The zero-order valence-corrected chi connectivity index (χ0v) is 11.1. The van der Waals surface area contributed by atoms with Gasteiger partial charge in [0.25, 0.3) is 5.69 Å². The van der Waals surface area contributed by atoms with Gasteiger partial charge in [-0.05, 0) is 24.5 Å². The van der Waals surface area contributed by atoms with Gasteiger partial charge in [0.15, 0.2) is 0 Å². The van der Waals surface area contributed by atoms with E-state index in [1.165, 1.54) is 6.07 Å². The molecule has 100 valence electrons. The van der Waals surface area contributed by atoms with Gasteiger partial charge in [0.05, 0.1) is 17.1 Å². The topological polar surface area (TPSA) is 66.6 Å². The first kappa shape index (κ1) is 14.4. The van der Waals surface area contributed by atoms with Crippen LogP contribution in [0, 0.1) is 16.0 Å². The van der Waals surface area contributed by atoms with Crippen LogP contribution >= 0.6 is 0 Å². The van der Waals surface area contributed by atoms with E-state index in [4.69, 9.17) is 5.11 Å². The second-order valence-electron chi connectivity index (χ2n) is 4.83. The highest BCUT2D eigenvalue weighted by Crippen LogP contribution is 2.24. The number of anilines is 1. The number of hydrogen-bond acceptors (Lipinski definition) is 4. The van der Waals surface area contributed by atoms with Crippen LogP contribution in [-0.2, 0) is 6.61 Å². The summed E-state index contributed by atoms with van der Waals surface area (Å²) in [5.74, 6) is 0.614. The summed E-state index contributed by atoms with van der Waals surface area (Å²) < 4.78 is 0. The van der Waals surface area contributed by atoms with E-state index in [0.29, 0.717) is 11.5 Å². The monoisotopic (exact) mass is 252 g/mol. The third-order valence-corrected chi connectivity index (χ3v) is 2.91. The standard InChI is InChI=1S/C13H20N2O3/c1-10(2)6-7-14(3)12-4-5-13(15(17)18)11(8-12)9-16/h4-5,8,10,16H,6-7,9H2,1-3H3. The van der Waals surface area contributed by atoms with Crippen molar-refractivity contribution < 1.29 is 10.0 Å². The molecule has 1 N–H and O–H groups in total. The molecule has 0 unspecified atom stereocenters. The average Bonchev–Trinajstić information content (AvgIpc) is 2.34. The van der Waals surface area contributed by atoms with Crippen LogP contribution in [0.15, 0.2) is 18.2 Å². The molecule has 18 heavy (non-hydrogen) atoms. The van der Waals surface area contributed by atoms with Crippen molar-refractivity contribution in [3.63, 3.8) is 0 Å². The Balaban J connectivity index is 2.87. The summed E-state index contributed by atoms with van der Waals surface area (Å²) in [4.78, 5) is 12.3. The summed E-state index contributed by atoms with van der Waals surface area (Å²) in [7, 11) is 1.95. The molecule has 1 aromatic rings. The van der Waals surface area contributed by atoms with Crippen LogP contribution in [0.25, 0.3) is 0 Å². The Bertz CT molecular complexity index is 419. The molecule has 0 aromatic heterocycles. The van der Waals surface area contributed by atoms with Crippen molar-refractivity contribution in [3.05, 3.63) is 33.9 Å². The summed E-state index contributed by atoms with van der Waals surface area (Å²) in [6.07, 6.45) is 1.06. The van der Waals surface area contributed by atoms with Crippen molar-refractivity contribution in [1.82, 2.24) is 0 Å². The number of rotatable bonds is 6. The van der Waals surface area contributed by atoms with Crippen LogP contribution in [0.3, 0.4) is 0 Å². The fourth-order valence-electron chi connectivity index (χ4n) is 1.70. The Kier molecular flexibility index (Phi) is 5.09. The van der Waals surface area contributed by atoms with Gasteiger partial charge in [-0.25, -0.2) is 0 Å². The fourth-order valence-corrected chi connectivity index (χ4v) is 1.70. The second kappa shape index (κ2) is 6.35. The smallest absolute Gasteiger partial charge is 0.275 e. The highest BCUT2D eigenvalue weighted by atomic mass is 16.6. The van der Waals surface area contributed by atoms with Gasteiger partial charge in [-0.3, -0.25) is 10.1 Å². The van der Waals surface area contributed by atoms with Crippen molar-refractivity contribution in [2.75, 3.05) is 18.5 Å². The summed E-state index contributed by atoms with van der Waals surface area (Å²) in [6, 6.07) is 4.85. The fraction of sp³-hybridized carbons (Fsp3) is 0.538. The van der Waals surface area contributed by atoms with Gasteiger partial charge in [0, 0.05) is 25.3 Å². The van der Waals surface area contributed by atoms with Gasteiger partial charge in [-0.2, -0.15) is 0 Å². The van der Waals surface area contributed by atoms with Gasteiger partial charge in [0.2, 0.25) is 0 Å². The lowest BCUT2D eigenvalue weighted by Gasteiger charge is -2.20. The van der Waals surface area contributed by atoms with Gasteiger partial charge >= 0.3 is 0 Å². The van der Waals surface area contributed by atoms with Crippen molar-refractivity contribution >= 4 is 11.4 Å². The molecule has 0 aliphatic rings. The van der Waals surface area contributed by atoms with Crippen molar-refractivity contribution in [2.45, 2.75) is 26.9 Å². The van der Waals surface area contributed by atoms with E-state index in [-0.39, 0.29) is 12.3 Å². The molecule has 0 bridgehead atoms. The molecule has 1 aromatic carbocycles. The van der Waals surface area contributed by atoms with E-state index in [0.717, 1.165) is 18.7 Å². The summed E-state index contributed by atoms with van der Waals surface area (Å²) in [6.45, 7) is 4.88. The maximum atomic E-state index is 10.8. The van der Waals surface area contributed by atoms with Crippen LogP contribution < -0.4 is 4.90 Å². The van der Waals surface area contributed by atoms with Crippen molar-refractivity contribution in [3.8, 4) is 0 Å². The minimum Gasteiger partial charge on any atom is -0.391 e. The second-order valence-corrected chi connectivity index (χ2v) is 4.83. The molecule has 0 radical (unpaired) electrons. The lowest BCUT2D eigenvalue weighted by atomic mass is 10.1.